The number of hydrogen-bond donors (Lipinski definition) is 2. The molecule has 0 aromatic heterocycles. The third-order valence-corrected chi connectivity index (χ3v) is 11.4. The van der Waals surface area contributed by atoms with E-state index in [-0.39, 0.29) is 22.9 Å². The summed E-state index contributed by atoms with van der Waals surface area (Å²) in [7, 11) is -3.96. The van der Waals surface area contributed by atoms with E-state index in [0.29, 0.717) is 30.7 Å². The SMILES string of the molecule is CC(C1CCCNC1)N1CCN(C(=O)CNC(=O)c2ccc(S(=O)(=O)N(Sc3ccccc3)c3ccccc3)cc2)CC1. The summed E-state index contributed by atoms with van der Waals surface area (Å²) in [5.41, 5.74) is 0.798. The monoisotopic (exact) mass is 621 g/mol. The number of nitrogens with one attached hydrogen (secondary N) is 2. The molecule has 2 N–H and O–H groups in total. The van der Waals surface area contributed by atoms with Crippen LogP contribution in [0.1, 0.15) is 30.1 Å². The Labute approximate surface area is 258 Å². The Balaban J connectivity index is 1.16. The van der Waals surface area contributed by atoms with Gasteiger partial charge in [0.25, 0.3) is 15.9 Å². The van der Waals surface area contributed by atoms with Crippen molar-refractivity contribution in [3.8, 4) is 0 Å². The molecule has 2 aliphatic rings. The Morgan fingerprint density at radius 1 is 0.953 bits per heavy atom. The van der Waals surface area contributed by atoms with Crippen molar-refractivity contribution < 1.29 is 18.0 Å². The van der Waals surface area contributed by atoms with Crippen LogP contribution >= 0.6 is 11.9 Å². The molecule has 2 amide bonds. The van der Waals surface area contributed by atoms with E-state index in [1.165, 1.54) is 40.8 Å². The first-order valence-electron chi connectivity index (χ1n) is 14.8. The van der Waals surface area contributed by atoms with E-state index < -0.39 is 15.9 Å². The highest BCUT2D eigenvalue weighted by Crippen LogP contribution is 2.34. The van der Waals surface area contributed by atoms with Gasteiger partial charge in [0, 0.05) is 54.6 Å². The predicted molar refractivity (Wildman–Crippen MR) is 170 cm³/mol. The normalized spacial score (nSPS) is 18.5. The zero-order chi connectivity index (χ0) is 30.2. The number of hydrogen-bond acceptors (Lipinski definition) is 7. The molecule has 2 heterocycles. The van der Waals surface area contributed by atoms with Gasteiger partial charge in [0.05, 0.1) is 17.1 Å². The molecule has 0 bridgehead atoms. The first kappa shape index (κ1) is 31.1. The van der Waals surface area contributed by atoms with Gasteiger partial charge in [0.1, 0.15) is 0 Å². The summed E-state index contributed by atoms with van der Waals surface area (Å²) in [5.74, 6) is 0.101. The zero-order valence-electron chi connectivity index (χ0n) is 24.4. The van der Waals surface area contributed by atoms with Crippen LogP contribution in [0.25, 0.3) is 0 Å². The molecule has 2 fully saturated rings. The van der Waals surface area contributed by atoms with Crippen molar-refractivity contribution in [3.63, 3.8) is 0 Å². The van der Waals surface area contributed by atoms with Crippen molar-refractivity contribution in [3.05, 3.63) is 90.5 Å². The van der Waals surface area contributed by atoms with Gasteiger partial charge in [-0.05, 0) is 87.3 Å². The van der Waals surface area contributed by atoms with Crippen LogP contribution in [0.15, 0.2) is 94.7 Å². The highest BCUT2D eigenvalue weighted by molar-refractivity contribution is 8.14. The molecule has 11 heteroatoms. The molecule has 3 aromatic carbocycles. The van der Waals surface area contributed by atoms with E-state index in [1.54, 1.807) is 29.2 Å². The topological polar surface area (TPSA) is 102 Å². The lowest BCUT2D eigenvalue weighted by atomic mass is 9.91. The molecule has 0 radical (unpaired) electrons. The van der Waals surface area contributed by atoms with Crippen LogP contribution in [-0.4, -0.2) is 81.9 Å². The summed E-state index contributed by atoms with van der Waals surface area (Å²) < 4.78 is 28.7. The van der Waals surface area contributed by atoms with Gasteiger partial charge >= 0.3 is 0 Å². The average molecular weight is 622 g/mol. The lowest BCUT2D eigenvalue weighted by molar-refractivity contribution is -0.132. The Kier molecular flexibility index (Phi) is 10.4. The third kappa shape index (κ3) is 7.77. The molecular formula is C32H39N5O4S2. The maximum atomic E-state index is 13.7. The fraction of sp³-hybridized carbons (Fsp3) is 0.375. The minimum atomic E-state index is -3.96. The molecule has 2 saturated heterocycles. The molecule has 0 aliphatic carbocycles. The number of benzene rings is 3. The second-order valence-electron chi connectivity index (χ2n) is 10.9. The Hall–Kier alpha value is -3.38. The molecule has 9 nitrogen and oxygen atoms in total. The van der Waals surface area contributed by atoms with Crippen LogP contribution in [0.4, 0.5) is 5.69 Å². The number of carbonyl (C=O) groups is 2. The molecule has 0 saturated carbocycles. The van der Waals surface area contributed by atoms with Crippen molar-refractivity contribution in [2.45, 2.75) is 35.6 Å². The number of nitrogens with zero attached hydrogens (tertiary/aromatic N) is 3. The van der Waals surface area contributed by atoms with Crippen LogP contribution < -0.4 is 14.3 Å². The van der Waals surface area contributed by atoms with Crippen molar-refractivity contribution in [1.82, 2.24) is 20.4 Å². The van der Waals surface area contributed by atoms with Gasteiger partial charge in [-0.25, -0.2) is 12.1 Å². The number of sulfonamides is 1. The molecule has 5 rings (SSSR count). The minimum absolute atomic E-state index is 0.0588. The number of carbonyl (C=O) groups excluding carboxylic acids is 2. The lowest BCUT2D eigenvalue weighted by Gasteiger charge is -2.42. The smallest absolute Gasteiger partial charge is 0.274 e. The fourth-order valence-electron chi connectivity index (χ4n) is 5.58. The van der Waals surface area contributed by atoms with Crippen LogP contribution in [0.5, 0.6) is 0 Å². The van der Waals surface area contributed by atoms with Crippen LogP contribution in [0.2, 0.25) is 0 Å². The van der Waals surface area contributed by atoms with Gasteiger partial charge < -0.3 is 15.5 Å². The van der Waals surface area contributed by atoms with E-state index in [2.05, 4.69) is 22.5 Å². The highest BCUT2D eigenvalue weighted by Gasteiger charge is 2.30. The number of para-hydroxylation sites is 1. The molecule has 2 aliphatic heterocycles. The van der Waals surface area contributed by atoms with Gasteiger partial charge in [-0.2, -0.15) is 0 Å². The molecule has 2 atom stereocenters. The summed E-state index contributed by atoms with van der Waals surface area (Å²) in [6.07, 6.45) is 2.45. The van der Waals surface area contributed by atoms with Crippen molar-refractivity contribution in [1.29, 1.82) is 0 Å². The molecule has 228 valence electrons. The highest BCUT2D eigenvalue weighted by atomic mass is 32.3. The van der Waals surface area contributed by atoms with Gasteiger partial charge in [0.15, 0.2) is 0 Å². The number of rotatable bonds is 10. The van der Waals surface area contributed by atoms with Crippen molar-refractivity contribution >= 4 is 39.5 Å². The molecule has 43 heavy (non-hydrogen) atoms. The molecule has 3 aromatic rings. The predicted octanol–water partition coefficient (Wildman–Crippen LogP) is 3.85. The fourth-order valence-corrected chi connectivity index (χ4v) is 8.26. The summed E-state index contributed by atoms with van der Waals surface area (Å²) in [5, 5.41) is 6.19. The maximum absolute atomic E-state index is 13.7. The number of piperidine rings is 1. The second-order valence-corrected chi connectivity index (χ2v) is 14.0. The largest absolute Gasteiger partial charge is 0.343 e. The second kappa shape index (κ2) is 14.4. The lowest BCUT2D eigenvalue weighted by Crippen LogP contribution is -2.55. The maximum Gasteiger partial charge on any atom is 0.274 e. The van der Waals surface area contributed by atoms with Crippen LogP contribution in [-0.2, 0) is 14.8 Å². The molecule has 2 unspecified atom stereocenters. The Bertz CT molecular complexity index is 1460. The van der Waals surface area contributed by atoms with Gasteiger partial charge in [0.2, 0.25) is 5.91 Å². The van der Waals surface area contributed by atoms with Gasteiger partial charge in [-0.3, -0.25) is 14.5 Å². The van der Waals surface area contributed by atoms with Crippen molar-refractivity contribution in [2.24, 2.45) is 5.92 Å². The zero-order valence-corrected chi connectivity index (χ0v) is 26.0. The average Bonchev–Trinajstić information content (AvgIpc) is 3.07. The number of anilines is 1. The molecular weight excluding hydrogens is 583 g/mol. The van der Waals surface area contributed by atoms with E-state index in [4.69, 9.17) is 0 Å². The summed E-state index contributed by atoms with van der Waals surface area (Å²) in [6.45, 7) is 7.28. The Morgan fingerprint density at radius 2 is 1.60 bits per heavy atom. The van der Waals surface area contributed by atoms with Crippen molar-refractivity contribution in [2.75, 3.05) is 49.5 Å². The summed E-state index contributed by atoms with van der Waals surface area (Å²) in [4.78, 5) is 30.8. The quantitative estimate of drug-likeness (QED) is 0.332. The van der Waals surface area contributed by atoms with E-state index in [1.807, 2.05) is 36.4 Å². The standard InChI is InChI=1S/C32H39N5O4S2/c1-25(27-9-8-18-33-23-27)35-19-21-36(22-20-35)31(38)24-34-32(39)26-14-16-30(17-15-26)43(40,41)37(28-10-4-2-5-11-28)42-29-12-6-3-7-13-29/h2-7,10-17,25,27,33H,8-9,18-24H2,1H3,(H,34,39). The number of amides is 2. The number of piperazine rings is 1. The van der Waals surface area contributed by atoms with Crippen LogP contribution in [0, 0.1) is 5.92 Å². The van der Waals surface area contributed by atoms with Crippen LogP contribution in [0.3, 0.4) is 0 Å². The van der Waals surface area contributed by atoms with E-state index in [9.17, 15) is 18.0 Å². The van der Waals surface area contributed by atoms with E-state index in [0.717, 1.165) is 43.0 Å². The third-order valence-electron chi connectivity index (χ3n) is 8.19. The first-order valence-corrected chi connectivity index (χ1v) is 17.0. The van der Waals surface area contributed by atoms with E-state index >= 15 is 0 Å². The van der Waals surface area contributed by atoms with Gasteiger partial charge in [-0.1, -0.05) is 36.4 Å². The first-order chi connectivity index (χ1) is 20.8. The van der Waals surface area contributed by atoms with Gasteiger partial charge in [-0.15, -0.1) is 0 Å². The molecule has 0 spiro atoms. The summed E-state index contributed by atoms with van der Waals surface area (Å²) >= 11 is 1.11. The Morgan fingerprint density at radius 3 is 2.23 bits per heavy atom. The minimum Gasteiger partial charge on any atom is -0.343 e. The summed E-state index contributed by atoms with van der Waals surface area (Å²) in [6, 6.07) is 24.4.